The maximum absolute atomic E-state index is 5.01. The van der Waals surface area contributed by atoms with Gasteiger partial charge in [0, 0.05) is 13.7 Å². The molecule has 2 N–H and O–H groups in total. The van der Waals surface area contributed by atoms with Crippen LogP contribution >= 0.6 is 13.5 Å². The van der Waals surface area contributed by atoms with Crippen molar-refractivity contribution in [1.29, 1.82) is 0 Å². The topological polar surface area (TPSA) is 35.2 Å². The lowest BCUT2D eigenvalue weighted by atomic mass is 10.7. The van der Waals surface area contributed by atoms with Crippen LogP contribution in [0.2, 0.25) is 0 Å². The van der Waals surface area contributed by atoms with Gasteiger partial charge in [0.2, 0.25) is 0 Å². The molecule has 0 amide bonds. The van der Waals surface area contributed by atoms with Gasteiger partial charge in [0.15, 0.2) is 0 Å². The quantitative estimate of drug-likeness (QED) is 0.639. The molecule has 0 unspecified atom stereocenters. The van der Waals surface area contributed by atoms with Crippen LogP contribution in [0.5, 0.6) is 0 Å². The van der Waals surface area contributed by atoms with Crippen LogP contribution in [0.1, 0.15) is 0 Å². The van der Waals surface area contributed by atoms with E-state index in [-0.39, 0.29) is 27.6 Å². The van der Waals surface area contributed by atoms with Gasteiger partial charge in [-0.25, -0.2) is 0 Å². The molecule has 0 saturated heterocycles. The Kier molecular flexibility index (Phi) is 170. The summed E-state index contributed by atoms with van der Waals surface area (Å²) in [5.41, 5.74) is 5.01. The van der Waals surface area contributed by atoms with E-state index in [9.17, 15) is 0 Å². The van der Waals surface area contributed by atoms with E-state index in [1.807, 2.05) is 0 Å². The van der Waals surface area contributed by atoms with Crippen LogP contribution in [0, 0.1) is 0 Å². The van der Waals surface area contributed by atoms with Gasteiger partial charge in [-0.15, -0.1) is 0 Å². The van der Waals surface area contributed by atoms with Gasteiger partial charge in [0.05, 0.1) is 6.61 Å². The summed E-state index contributed by atoms with van der Waals surface area (Å²) in [6, 6.07) is 0. The Morgan fingerprint density at radius 2 is 1.56 bits per heavy atom. The van der Waals surface area contributed by atoms with E-state index in [0.717, 1.165) is 0 Å². The highest BCUT2D eigenvalue weighted by molar-refractivity contribution is 7.59. The molecule has 0 heterocycles. The monoisotopic (exact) mass is 169 g/mol. The van der Waals surface area contributed by atoms with Crippen molar-refractivity contribution in [1.82, 2.24) is 0 Å². The zero-order valence-corrected chi connectivity index (χ0v) is 6.12. The number of ether oxygens (including phenoxy) is 1. The normalized spacial score (nSPS) is 4.67. The number of nitrogens with two attached hydrogens (primary N) is 1. The van der Waals surface area contributed by atoms with Crippen molar-refractivity contribution >= 4 is 13.5 Å². The molecular weight excluding hydrogens is 155 g/mol. The largest absolute Gasteiger partial charge is 0.383 e. The molecule has 0 aliphatic heterocycles. The molecule has 9 heavy (non-hydrogen) atoms. The molecule has 0 aromatic carbocycles. The average Bonchev–Trinajstić information content (AvgIpc) is 1.41. The minimum absolute atomic E-state index is 0. The van der Waals surface area contributed by atoms with Gasteiger partial charge in [0.1, 0.15) is 0 Å². The lowest BCUT2D eigenvalue weighted by Crippen LogP contribution is -2.05. The fourth-order valence-electron chi connectivity index (χ4n) is 0.118. The predicted octanol–water partition coefficient (Wildman–Crippen LogP) is 0.162. The molecule has 0 bridgehead atoms. The third-order valence-corrected chi connectivity index (χ3v) is 0.322. The molecule has 0 aromatic rings. The third kappa shape index (κ3) is 69.8. The van der Waals surface area contributed by atoms with Crippen LogP contribution < -0.4 is 5.73 Å². The van der Waals surface area contributed by atoms with Crippen LogP contribution in [0.25, 0.3) is 0 Å². The Labute approximate surface area is 59.3 Å². The van der Waals surface area contributed by atoms with E-state index in [0.29, 0.717) is 13.2 Å². The lowest BCUT2D eigenvalue weighted by molar-refractivity contribution is 0.207. The second-order valence-electron chi connectivity index (χ2n) is 0.781. The molecule has 2 nitrogen and oxygen atoms in total. The predicted molar refractivity (Wildman–Crippen MR) is 38.8 cm³/mol. The highest BCUT2D eigenvalue weighted by Crippen LogP contribution is 1.53. The second-order valence-corrected chi connectivity index (χ2v) is 0.781. The first-order valence-electron chi connectivity index (χ1n) is 1.61. The molecule has 0 aliphatic rings. The molecule has 0 aliphatic carbocycles. The Balaban J connectivity index is -0.0000000133. The van der Waals surface area contributed by atoms with Gasteiger partial charge >= 0.3 is 0 Å². The van der Waals surface area contributed by atoms with Crippen molar-refractivity contribution < 1.29 is 18.9 Å². The zero-order chi connectivity index (χ0) is 4.12. The average molecular weight is 169 g/mol. The van der Waals surface area contributed by atoms with Gasteiger partial charge in [-0.3, -0.25) is 14.1 Å². The summed E-state index contributed by atoms with van der Waals surface area (Å²) < 4.78 is 4.57. The van der Waals surface area contributed by atoms with Gasteiger partial charge in [-0.2, -0.15) is 13.5 Å². The Morgan fingerprint density at radius 1 is 1.22 bits per heavy atom. The molecule has 0 fully saturated rings. The van der Waals surface area contributed by atoms with Crippen molar-refractivity contribution in [3.63, 3.8) is 0 Å². The molecule has 0 radical (unpaired) electrons. The van der Waals surface area contributed by atoms with Gasteiger partial charge in [-0.1, -0.05) is 0 Å². The van der Waals surface area contributed by atoms with Crippen molar-refractivity contribution in [3.05, 3.63) is 0 Å². The molecule has 6 heteroatoms. The SMILES string of the molecule is COCCN.F.F.F.S. The Morgan fingerprint density at radius 3 is 1.56 bits per heavy atom. The molecular formula is C3H14F3NOS. The number of methoxy groups -OCH3 is 1. The smallest absolute Gasteiger partial charge is 0.0584 e. The first-order valence-corrected chi connectivity index (χ1v) is 1.61. The minimum atomic E-state index is 0. The van der Waals surface area contributed by atoms with E-state index < -0.39 is 0 Å². The maximum atomic E-state index is 5.01. The summed E-state index contributed by atoms with van der Waals surface area (Å²) in [6.07, 6.45) is 0. The van der Waals surface area contributed by atoms with Crippen LogP contribution in [-0.4, -0.2) is 20.3 Å². The van der Waals surface area contributed by atoms with E-state index in [1.54, 1.807) is 7.11 Å². The van der Waals surface area contributed by atoms with Gasteiger partial charge < -0.3 is 10.5 Å². The Hall–Kier alpha value is 0.0600. The highest BCUT2D eigenvalue weighted by Gasteiger charge is 1.65. The highest BCUT2D eigenvalue weighted by atomic mass is 32.1. The number of rotatable bonds is 2. The van der Waals surface area contributed by atoms with E-state index in [1.165, 1.54) is 0 Å². The van der Waals surface area contributed by atoms with Gasteiger partial charge in [-0.05, 0) is 0 Å². The Bertz CT molecular complexity index is 26.5. The molecule has 0 saturated carbocycles. The summed E-state index contributed by atoms with van der Waals surface area (Å²) in [6.45, 7) is 1.29. The number of halogens is 3. The van der Waals surface area contributed by atoms with Crippen molar-refractivity contribution in [2.45, 2.75) is 0 Å². The molecule has 0 rings (SSSR count). The lowest BCUT2D eigenvalue weighted by Gasteiger charge is -1.85. The first-order chi connectivity index (χ1) is 2.41. The van der Waals surface area contributed by atoms with Crippen LogP contribution in [0.15, 0.2) is 0 Å². The molecule has 0 aromatic heterocycles. The van der Waals surface area contributed by atoms with E-state index >= 15 is 0 Å². The summed E-state index contributed by atoms with van der Waals surface area (Å²) in [7, 11) is 1.63. The fourth-order valence-corrected chi connectivity index (χ4v) is 0.118. The first kappa shape index (κ1) is 35.7. The van der Waals surface area contributed by atoms with Crippen molar-refractivity contribution in [2.75, 3.05) is 20.3 Å². The van der Waals surface area contributed by atoms with E-state index in [2.05, 4.69) is 4.74 Å². The fraction of sp³-hybridized carbons (Fsp3) is 1.00. The zero-order valence-electron chi connectivity index (χ0n) is 5.12. The van der Waals surface area contributed by atoms with Gasteiger partial charge in [0.25, 0.3) is 0 Å². The van der Waals surface area contributed by atoms with Crippen LogP contribution in [0.3, 0.4) is 0 Å². The summed E-state index contributed by atoms with van der Waals surface area (Å²) in [4.78, 5) is 0. The van der Waals surface area contributed by atoms with Crippen molar-refractivity contribution in [3.8, 4) is 0 Å². The molecule has 0 atom stereocenters. The summed E-state index contributed by atoms with van der Waals surface area (Å²) in [5.74, 6) is 0. The summed E-state index contributed by atoms with van der Waals surface area (Å²) in [5, 5.41) is 0. The summed E-state index contributed by atoms with van der Waals surface area (Å²) >= 11 is 0. The van der Waals surface area contributed by atoms with Crippen LogP contribution in [-0.2, 0) is 4.74 Å². The van der Waals surface area contributed by atoms with Crippen molar-refractivity contribution in [2.24, 2.45) is 5.73 Å². The minimum Gasteiger partial charge on any atom is -0.383 e. The standard InChI is InChI=1S/C3H9NO.3FH.H2S/c1-5-3-2-4;;;;/h2-4H2,1H3;3*1H;1H2. The number of hydrogen-bond acceptors (Lipinski definition) is 2. The third-order valence-electron chi connectivity index (χ3n) is 0.322. The molecule has 0 spiro atoms. The number of hydrogen-bond donors (Lipinski definition) is 1. The second kappa shape index (κ2) is 42.9. The van der Waals surface area contributed by atoms with Crippen LogP contribution in [0.4, 0.5) is 14.1 Å². The maximum Gasteiger partial charge on any atom is 0.0584 e. The molecule has 64 valence electrons. The van der Waals surface area contributed by atoms with E-state index in [4.69, 9.17) is 5.73 Å².